The average Bonchev–Trinajstić information content (AvgIpc) is 0.814. The van der Waals surface area contributed by atoms with Crippen molar-refractivity contribution in [2.45, 2.75) is 7.43 Å². The maximum atomic E-state index is 16.0. The molecule has 0 saturated carbocycles. The summed E-state index contributed by atoms with van der Waals surface area (Å²) in [6, 6.07) is 92.8. The Labute approximate surface area is 564 Å². The molecule has 0 amide bonds. The van der Waals surface area contributed by atoms with E-state index in [9.17, 15) is 8.78 Å². The normalized spacial score (nSPS) is 10.3. The van der Waals surface area contributed by atoms with E-state index in [0.29, 0.717) is 43.0 Å². The first-order chi connectivity index (χ1) is 41.2. The van der Waals surface area contributed by atoms with Crippen molar-refractivity contribution in [3.8, 4) is 44.5 Å². The molecule has 0 fully saturated rings. The van der Waals surface area contributed by atoms with Gasteiger partial charge in [-0.05, 0) is 46.0 Å². The Morgan fingerprint density at radius 1 is 0.368 bits per heavy atom. The minimum atomic E-state index is -3.50. The minimum Gasteiger partial charge on any atom is -0.870 e. The summed E-state index contributed by atoms with van der Waals surface area (Å²) in [5, 5.41) is 19.1. The van der Waals surface area contributed by atoms with E-state index in [4.69, 9.17) is 38.7 Å². The molecule has 436 valence electrons. The molecule has 15 heteroatoms. The molecule has 0 aliphatic carbocycles. The molecular formula is C72H64Cl2F2KN2O5P3. The number of rotatable bonds is 12. The zero-order chi connectivity index (χ0) is 59.0. The molecule has 0 atom stereocenters. The number of aromatic nitrogens is 2. The van der Waals surface area contributed by atoms with Gasteiger partial charge in [-0.1, -0.05) is 283 Å². The molecule has 10 aromatic carbocycles. The number of hydrogen-bond donors (Lipinski definition) is 2. The predicted molar refractivity (Wildman–Crippen MR) is 362 cm³/mol. The van der Waals surface area contributed by atoms with E-state index < -0.39 is 25.9 Å². The predicted octanol–water partition coefficient (Wildman–Crippen LogP) is 13.9. The Morgan fingerprint density at radius 2 is 0.621 bits per heavy atom. The van der Waals surface area contributed by atoms with Gasteiger partial charge in [-0.3, -0.25) is 20.5 Å². The van der Waals surface area contributed by atoms with Crippen LogP contribution in [0.5, 0.6) is 0 Å². The Hall–Kier alpha value is -6.65. The van der Waals surface area contributed by atoms with Crippen LogP contribution in [0.1, 0.15) is 8.85 Å². The van der Waals surface area contributed by atoms with Gasteiger partial charge in [-0.25, -0.2) is 8.78 Å². The summed E-state index contributed by atoms with van der Waals surface area (Å²) in [5.74, 6) is -1.17. The molecule has 12 aromatic rings. The van der Waals surface area contributed by atoms with Crippen LogP contribution in [-0.4, -0.2) is 31.3 Å². The summed E-state index contributed by atoms with van der Waals surface area (Å²) in [5.41, 5.74) is 5.54. The second-order valence-corrected chi connectivity index (χ2v) is 26.1. The maximum absolute atomic E-state index is 16.0. The van der Waals surface area contributed by atoms with E-state index in [-0.39, 0.29) is 76.6 Å². The van der Waals surface area contributed by atoms with E-state index in [0.717, 1.165) is 36.4 Å². The van der Waals surface area contributed by atoms with E-state index >= 15 is 9.13 Å². The fraction of sp³-hybridized carbons (Fsp3) is 0.0278. The molecule has 2 heterocycles. The van der Waals surface area contributed by atoms with E-state index in [1.165, 1.54) is 35.0 Å². The molecule has 0 radical (unpaired) electrons. The van der Waals surface area contributed by atoms with E-state index in [1.54, 1.807) is 18.5 Å². The molecule has 0 unspecified atom stereocenters. The Bertz CT molecular complexity index is 3800. The van der Waals surface area contributed by atoms with Crippen molar-refractivity contribution in [1.29, 1.82) is 0 Å². The summed E-state index contributed by atoms with van der Waals surface area (Å²) in [4.78, 5) is 8.78. The monoisotopic (exact) mass is 1280 g/mol. The van der Waals surface area contributed by atoms with Gasteiger partial charge in [0.25, 0.3) is 0 Å². The number of pyridine rings is 2. The zero-order valence-corrected chi connectivity index (χ0v) is 54.1. The molecule has 0 bridgehead atoms. The van der Waals surface area contributed by atoms with Crippen LogP contribution in [0.15, 0.2) is 316 Å². The van der Waals surface area contributed by atoms with Crippen molar-refractivity contribution >= 4 is 88.5 Å². The van der Waals surface area contributed by atoms with Crippen LogP contribution < -0.4 is 93.8 Å². The molecule has 0 spiro atoms. The Kier molecular flexibility index (Phi) is 29.9. The van der Waals surface area contributed by atoms with Gasteiger partial charge in [0, 0.05) is 85.9 Å². The smallest absolute Gasteiger partial charge is 0.870 e. The summed E-state index contributed by atoms with van der Waals surface area (Å²) >= 11 is 9.53. The number of nitrogens with zero attached hydrogens (tertiary/aromatic N) is 2. The summed E-state index contributed by atoms with van der Waals surface area (Å²) in [7, 11) is -6.21. The standard InChI is InChI=1S/C41H31NO2P2.C17H11F2N.C12H11P.CH2Cl2.CH4.K.H2O2.H2O.H2/c43-45(35-19-8-2-9-20-35,36-21-10-3-11-22-36)39-27-16-28-40(41(39)34-29-33(30-42-31-34)32-17-6-1-7-18-32)46(44,37-23-12-4-13-24-37)38-25-14-5-15-26-38;18-15-7-4-8-16(19)17(15)14-9-13(10-20-11-14)12-5-2-1-3-6-12;1-3-7-11(8-4-1)13-12-9-5-2-6-10-12;2-1-3;;;1-2;;/h1-31H;1-11H;1-10,13H;1H2;1H4;;1-2H;1H2;1H/q;;;;;+1;;;/p-1/i;;;;;;;;1+1. The SMILES string of the molecule is C.ClCCl.Fc1cccc(F)c1-c1cncc(-c2ccccc2)c1.O=P(c1ccccc1)(c1ccccc1)c1cccc(P(=O)(c2ccccc2)c2ccccc2)c1-c1cncc(-c2ccccc2)c1.OO.[2HH].[K+].[OH-].c1ccc(Pc2ccccc2)cc1. The summed E-state index contributed by atoms with van der Waals surface area (Å²) in [6.45, 7) is 0. The van der Waals surface area contributed by atoms with Gasteiger partial charge in [-0.2, -0.15) is 0 Å². The third-order valence-electron chi connectivity index (χ3n) is 13.2. The van der Waals surface area contributed by atoms with Crippen molar-refractivity contribution in [1.82, 2.24) is 9.97 Å². The number of hydrogen-bond acceptors (Lipinski definition) is 7. The Balaban J connectivity index is 0.000000325. The van der Waals surface area contributed by atoms with Gasteiger partial charge < -0.3 is 14.6 Å². The van der Waals surface area contributed by atoms with E-state index in [2.05, 4.69) is 71.7 Å². The fourth-order valence-electron chi connectivity index (χ4n) is 9.47. The quantitative estimate of drug-likeness (QED) is 0.0410. The third kappa shape index (κ3) is 18.2. The number of alkyl halides is 2. The molecule has 0 aliphatic heterocycles. The minimum absolute atomic E-state index is 0. The second-order valence-electron chi connectivity index (χ2n) is 18.4. The van der Waals surface area contributed by atoms with Crippen molar-refractivity contribution in [2.24, 2.45) is 0 Å². The summed E-state index contributed by atoms with van der Waals surface area (Å²) in [6.07, 6.45) is 6.78. The van der Waals surface area contributed by atoms with Crippen LogP contribution in [-0.2, 0) is 9.13 Å². The van der Waals surface area contributed by atoms with Gasteiger partial charge in [0.1, 0.15) is 11.6 Å². The molecule has 7 nitrogen and oxygen atoms in total. The van der Waals surface area contributed by atoms with Crippen LogP contribution in [0.2, 0.25) is 0 Å². The van der Waals surface area contributed by atoms with Crippen molar-refractivity contribution < 1.29 is 86.7 Å². The number of benzene rings is 10. The first kappa shape index (κ1) is 71.1. The van der Waals surface area contributed by atoms with Gasteiger partial charge >= 0.3 is 51.4 Å². The Morgan fingerprint density at radius 3 is 0.931 bits per heavy atom. The van der Waals surface area contributed by atoms with Crippen LogP contribution in [0.3, 0.4) is 0 Å². The number of halogens is 4. The van der Waals surface area contributed by atoms with Crippen LogP contribution in [0.4, 0.5) is 8.78 Å². The molecule has 2 aromatic heterocycles. The van der Waals surface area contributed by atoms with Gasteiger partial charge in [0.05, 0.1) is 10.9 Å². The van der Waals surface area contributed by atoms with Crippen molar-refractivity contribution in [3.63, 3.8) is 0 Å². The average molecular weight is 1280 g/mol. The molecule has 0 aliphatic rings. The molecule has 3 N–H and O–H groups in total. The summed E-state index contributed by atoms with van der Waals surface area (Å²) < 4.78 is 59.6. The van der Waals surface area contributed by atoms with Gasteiger partial charge in [0.2, 0.25) is 0 Å². The first-order valence-electron chi connectivity index (χ1n) is 26.4. The van der Waals surface area contributed by atoms with Crippen LogP contribution in [0, 0.1) is 11.6 Å². The second kappa shape index (κ2) is 36.6. The molecule has 12 rings (SSSR count). The largest absolute Gasteiger partial charge is 1.00 e. The maximum Gasteiger partial charge on any atom is 1.00 e. The molecular weight excluding hydrogens is 1210 g/mol. The first-order valence-corrected chi connectivity index (χ1v) is 31.9. The van der Waals surface area contributed by atoms with Crippen molar-refractivity contribution in [3.05, 3.63) is 328 Å². The fourth-order valence-corrected chi connectivity index (χ4v) is 16.4. The van der Waals surface area contributed by atoms with Crippen LogP contribution >= 0.6 is 46.1 Å². The van der Waals surface area contributed by atoms with Crippen molar-refractivity contribution in [2.75, 3.05) is 5.34 Å². The molecule has 87 heavy (non-hydrogen) atoms. The van der Waals surface area contributed by atoms with Gasteiger partial charge in [-0.15, -0.1) is 23.2 Å². The zero-order valence-electron chi connectivity index (χ0n) is 46.7. The third-order valence-corrected chi connectivity index (χ3v) is 20.7. The van der Waals surface area contributed by atoms with Gasteiger partial charge in [0.15, 0.2) is 14.3 Å². The van der Waals surface area contributed by atoms with Crippen LogP contribution in [0.25, 0.3) is 44.5 Å². The molecule has 0 saturated heterocycles. The topological polar surface area (TPSA) is 130 Å². The van der Waals surface area contributed by atoms with E-state index in [1.807, 2.05) is 206 Å².